The van der Waals surface area contributed by atoms with Gasteiger partial charge in [0.05, 0.1) is 31.6 Å². The van der Waals surface area contributed by atoms with Crippen molar-refractivity contribution in [1.29, 1.82) is 0 Å². The van der Waals surface area contributed by atoms with E-state index in [2.05, 4.69) is 0 Å². The number of hydrogen-bond donors (Lipinski definition) is 1. The second kappa shape index (κ2) is 8.05. The number of ether oxygens (including phenoxy) is 1. The van der Waals surface area contributed by atoms with E-state index in [1.165, 1.54) is 11.0 Å². The Hall–Kier alpha value is -2.82. The number of aromatic carboxylic acids is 1. The van der Waals surface area contributed by atoms with Crippen LogP contribution < -0.4 is 9.64 Å². The molecule has 0 radical (unpaired) electrons. The van der Waals surface area contributed by atoms with Crippen LogP contribution in [0.4, 0.5) is 17.1 Å². The van der Waals surface area contributed by atoms with Crippen LogP contribution in [0.1, 0.15) is 10.4 Å². The second-order valence-electron chi connectivity index (χ2n) is 5.49. The van der Waals surface area contributed by atoms with E-state index in [-0.39, 0.29) is 26.5 Å². The summed E-state index contributed by atoms with van der Waals surface area (Å²) in [5.41, 5.74) is -2.32. The van der Waals surface area contributed by atoms with Gasteiger partial charge in [0.2, 0.25) is 5.75 Å². The van der Waals surface area contributed by atoms with Gasteiger partial charge in [-0.15, -0.1) is 0 Å². The molecule has 0 aliphatic carbocycles. The first-order valence-corrected chi connectivity index (χ1v) is 8.31. The normalized spacial score (nSPS) is 10.5. The van der Waals surface area contributed by atoms with Crippen molar-refractivity contribution in [3.63, 3.8) is 0 Å². The average Bonchev–Trinajstić information content (AvgIpc) is 2.58. The molecule has 13 heteroatoms. The van der Waals surface area contributed by atoms with Crippen LogP contribution in [0, 0.1) is 20.2 Å². The van der Waals surface area contributed by atoms with E-state index in [1.807, 2.05) is 0 Å². The van der Waals surface area contributed by atoms with E-state index < -0.39 is 38.5 Å². The molecular formula is C15H10Cl3N3O7. The fourth-order valence-electron chi connectivity index (χ4n) is 2.26. The van der Waals surface area contributed by atoms with Gasteiger partial charge >= 0.3 is 11.7 Å². The lowest BCUT2D eigenvalue weighted by Crippen LogP contribution is -2.10. The molecule has 0 aliphatic rings. The van der Waals surface area contributed by atoms with Crippen molar-refractivity contribution in [3.05, 3.63) is 59.1 Å². The summed E-state index contributed by atoms with van der Waals surface area (Å²) in [6, 6.07) is 2.36. The van der Waals surface area contributed by atoms with Crippen LogP contribution in [-0.2, 0) is 0 Å². The largest absolute Gasteiger partial charge is 0.477 e. The molecule has 0 aliphatic heterocycles. The fraction of sp³-hybridized carbons (Fsp3) is 0.133. The number of nitrogens with zero attached hydrogens (tertiary/aromatic N) is 3. The van der Waals surface area contributed by atoms with E-state index in [1.54, 1.807) is 14.1 Å². The lowest BCUT2D eigenvalue weighted by Gasteiger charge is -2.19. The minimum absolute atomic E-state index is 0.0211. The summed E-state index contributed by atoms with van der Waals surface area (Å²) < 4.78 is 5.42. The maximum absolute atomic E-state index is 11.3. The molecule has 0 spiro atoms. The van der Waals surface area contributed by atoms with Crippen molar-refractivity contribution in [2.24, 2.45) is 0 Å². The Morgan fingerprint density at radius 1 is 1.00 bits per heavy atom. The van der Waals surface area contributed by atoms with Crippen molar-refractivity contribution < 1.29 is 24.5 Å². The number of benzene rings is 2. The summed E-state index contributed by atoms with van der Waals surface area (Å²) in [6.45, 7) is 0. The molecule has 2 rings (SSSR count). The molecule has 1 N–H and O–H groups in total. The summed E-state index contributed by atoms with van der Waals surface area (Å²) >= 11 is 18.4. The fourth-order valence-corrected chi connectivity index (χ4v) is 3.17. The molecule has 0 saturated carbocycles. The molecule has 10 nitrogen and oxygen atoms in total. The zero-order valence-electron chi connectivity index (χ0n) is 14.1. The zero-order chi connectivity index (χ0) is 21.3. The minimum Gasteiger partial charge on any atom is -0.477 e. The molecule has 0 saturated heterocycles. The summed E-state index contributed by atoms with van der Waals surface area (Å²) in [4.78, 5) is 33.2. The Balaban J connectivity index is 2.73. The third kappa shape index (κ3) is 4.03. The molecule has 0 unspecified atom stereocenters. The summed E-state index contributed by atoms with van der Waals surface area (Å²) in [5.74, 6) is -2.40. The molecular weight excluding hydrogens is 441 g/mol. The van der Waals surface area contributed by atoms with Crippen LogP contribution in [0.25, 0.3) is 0 Å². The summed E-state index contributed by atoms with van der Waals surface area (Å²) in [7, 11) is 3.23. The van der Waals surface area contributed by atoms with E-state index >= 15 is 0 Å². The Labute approximate surface area is 172 Å². The maximum Gasteiger partial charge on any atom is 0.342 e. The van der Waals surface area contributed by atoms with Gasteiger partial charge in [-0.2, -0.15) is 0 Å². The standard InChI is InChI=1S/C15H10Cl3N3O7/c1-19(2)14-12(17)7(16)4-11(13(14)18)28-10-3-6(15(22)23)8(20(24)25)5-9(10)21(26)27/h3-5H,1-2H3,(H,22,23). The molecule has 2 aromatic carbocycles. The van der Waals surface area contributed by atoms with Crippen LogP contribution in [0.2, 0.25) is 15.1 Å². The predicted molar refractivity (Wildman–Crippen MR) is 103 cm³/mol. The first-order valence-electron chi connectivity index (χ1n) is 7.18. The highest BCUT2D eigenvalue weighted by molar-refractivity contribution is 6.46. The number of rotatable bonds is 6. The Kier molecular flexibility index (Phi) is 6.17. The highest BCUT2D eigenvalue weighted by Crippen LogP contribution is 2.47. The van der Waals surface area contributed by atoms with Crippen molar-refractivity contribution in [1.82, 2.24) is 0 Å². The van der Waals surface area contributed by atoms with Gasteiger partial charge in [0.1, 0.15) is 16.3 Å². The summed E-state index contributed by atoms with van der Waals surface area (Å²) in [6.07, 6.45) is 0. The number of nitro groups is 2. The maximum atomic E-state index is 11.3. The van der Waals surface area contributed by atoms with Gasteiger partial charge in [-0.3, -0.25) is 20.2 Å². The van der Waals surface area contributed by atoms with Gasteiger partial charge in [0.25, 0.3) is 5.69 Å². The van der Waals surface area contributed by atoms with E-state index in [9.17, 15) is 30.1 Å². The monoisotopic (exact) mass is 449 g/mol. The van der Waals surface area contributed by atoms with Gasteiger partial charge in [-0.05, 0) is 0 Å². The third-order valence-corrected chi connectivity index (χ3v) is 4.61. The molecule has 28 heavy (non-hydrogen) atoms. The molecule has 2 aromatic rings. The molecule has 0 amide bonds. The molecule has 0 aromatic heterocycles. The van der Waals surface area contributed by atoms with Crippen molar-refractivity contribution in [2.75, 3.05) is 19.0 Å². The minimum atomic E-state index is -1.67. The third-order valence-electron chi connectivity index (χ3n) is 3.47. The lowest BCUT2D eigenvalue weighted by atomic mass is 10.1. The molecule has 0 bridgehead atoms. The lowest BCUT2D eigenvalue weighted by molar-refractivity contribution is -0.394. The average molecular weight is 451 g/mol. The van der Waals surface area contributed by atoms with Gasteiger partial charge in [0.15, 0.2) is 0 Å². The Bertz CT molecular complexity index is 1010. The SMILES string of the molecule is CN(C)c1c(Cl)c(Cl)cc(Oc2cc(C(=O)O)c([N+](=O)[O-])cc2[N+](=O)[O-])c1Cl. The number of anilines is 1. The van der Waals surface area contributed by atoms with E-state index in [0.717, 1.165) is 0 Å². The van der Waals surface area contributed by atoms with Crippen LogP contribution in [-0.4, -0.2) is 35.0 Å². The molecule has 148 valence electrons. The highest BCUT2D eigenvalue weighted by atomic mass is 35.5. The first kappa shape index (κ1) is 21.5. The van der Waals surface area contributed by atoms with Gasteiger partial charge in [-0.25, -0.2) is 4.79 Å². The van der Waals surface area contributed by atoms with Crippen LogP contribution in [0.3, 0.4) is 0 Å². The van der Waals surface area contributed by atoms with Crippen LogP contribution >= 0.6 is 34.8 Å². The molecule has 0 atom stereocenters. The van der Waals surface area contributed by atoms with Crippen molar-refractivity contribution in [3.8, 4) is 11.5 Å². The topological polar surface area (TPSA) is 136 Å². The Morgan fingerprint density at radius 2 is 1.57 bits per heavy atom. The molecule has 0 heterocycles. The second-order valence-corrected chi connectivity index (χ2v) is 6.65. The number of nitro benzene ring substituents is 2. The number of hydrogen-bond acceptors (Lipinski definition) is 7. The van der Waals surface area contributed by atoms with Gasteiger partial charge in [-0.1, -0.05) is 34.8 Å². The number of carbonyl (C=O) groups is 1. The van der Waals surface area contributed by atoms with Crippen molar-refractivity contribution in [2.45, 2.75) is 0 Å². The zero-order valence-corrected chi connectivity index (χ0v) is 16.4. The molecule has 0 fully saturated rings. The van der Waals surface area contributed by atoms with E-state index in [4.69, 9.17) is 39.5 Å². The number of halogens is 3. The number of carboxylic acids is 1. The predicted octanol–water partition coefficient (Wildman–Crippen LogP) is 5.02. The summed E-state index contributed by atoms with van der Waals surface area (Å²) in [5, 5.41) is 31.6. The van der Waals surface area contributed by atoms with Crippen LogP contribution in [0.15, 0.2) is 18.2 Å². The van der Waals surface area contributed by atoms with E-state index in [0.29, 0.717) is 12.1 Å². The van der Waals surface area contributed by atoms with Crippen LogP contribution in [0.5, 0.6) is 11.5 Å². The van der Waals surface area contributed by atoms with Gasteiger partial charge in [0, 0.05) is 26.2 Å². The highest BCUT2D eigenvalue weighted by Gasteiger charge is 2.30. The first-order chi connectivity index (χ1) is 13.0. The van der Waals surface area contributed by atoms with Crippen molar-refractivity contribution >= 4 is 57.8 Å². The van der Waals surface area contributed by atoms with Gasteiger partial charge < -0.3 is 14.7 Å². The Morgan fingerprint density at radius 3 is 2.04 bits per heavy atom. The number of carboxylic acid groups (broad SMARTS) is 1. The smallest absolute Gasteiger partial charge is 0.342 e. The quantitative estimate of drug-likeness (QED) is 0.368.